The van der Waals surface area contributed by atoms with Gasteiger partial charge in [0.1, 0.15) is 0 Å². The highest BCUT2D eigenvalue weighted by Gasteiger charge is 2.02. The molecule has 0 aliphatic heterocycles. The van der Waals surface area contributed by atoms with E-state index in [9.17, 15) is 8.42 Å². The summed E-state index contributed by atoms with van der Waals surface area (Å²) in [5, 5.41) is 0. The second kappa shape index (κ2) is 16.4. The summed E-state index contributed by atoms with van der Waals surface area (Å²) in [7, 11) is -3.73. The fourth-order valence-corrected chi connectivity index (χ4v) is 2.48. The average Bonchev–Trinajstić information content (AvgIpc) is 2.47. The molecule has 0 radical (unpaired) electrons. The molecule has 0 fully saturated rings. The molecule has 0 aliphatic carbocycles. The van der Waals surface area contributed by atoms with E-state index in [1.165, 1.54) is 38.5 Å². The lowest BCUT2D eigenvalue weighted by molar-refractivity contribution is 0.478. The van der Waals surface area contributed by atoms with Crippen LogP contribution in [0.1, 0.15) is 64.7 Å². The first-order valence-corrected chi connectivity index (χ1v) is 9.47. The van der Waals surface area contributed by atoms with Gasteiger partial charge in [-0.15, -0.1) is 0 Å². The Morgan fingerprint density at radius 1 is 0.818 bits per heavy atom. The standard InChI is InChI=1S/C11H24O3S.C5H5N.FH/c1-2-3-4-5-6-7-8-9-10-11-15(12,13)14;1-2-4-6-5-3-1;/h2-11H2,1H3,(H,12,13,14);1-5H;1H. The Bertz CT molecular complexity index is 386. The molecule has 0 atom stereocenters. The molecule has 6 heteroatoms. The third-order valence-electron chi connectivity index (χ3n) is 3.07. The van der Waals surface area contributed by atoms with Crippen molar-refractivity contribution in [1.29, 1.82) is 0 Å². The van der Waals surface area contributed by atoms with Crippen LogP contribution in [0, 0.1) is 0 Å². The van der Waals surface area contributed by atoms with Crippen LogP contribution in [-0.4, -0.2) is 23.7 Å². The van der Waals surface area contributed by atoms with Gasteiger partial charge in [0, 0.05) is 12.4 Å². The van der Waals surface area contributed by atoms with E-state index in [0.29, 0.717) is 6.42 Å². The molecule has 0 amide bonds. The van der Waals surface area contributed by atoms with Gasteiger partial charge in [0.25, 0.3) is 10.1 Å². The molecular weight excluding hydrogens is 305 g/mol. The molecule has 0 unspecified atom stereocenters. The molecule has 1 N–H and O–H groups in total. The average molecular weight is 335 g/mol. The van der Waals surface area contributed by atoms with E-state index in [1.807, 2.05) is 18.2 Å². The minimum atomic E-state index is -3.73. The highest BCUT2D eigenvalue weighted by molar-refractivity contribution is 7.85. The minimum Gasteiger partial charge on any atom is -0.286 e. The molecule has 1 aromatic rings. The van der Waals surface area contributed by atoms with Crippen LogP contribution in [0.3, 0.4) is 0 Å². The summed E-state index contributed by atoms with van der Waals surface area (Å²) in [6.45, 7) is 2.20. The number of rotatable bonds is 10. The first kappa shape index (κ1) is 23.3. The van der Waals surface area contributed by atoms with Crippen molar-refractivity contribution in [2.24, 2.45) is 0 Å². The van der Waals surface area contributed by atoms with Crippen LogP contribution in [0.4, 0.5) is 4.70 Å². The van der Waals surface area contributed by atoms with Gasteiger partial charge in [0.2, 0.25) is 0 Å². The van der Waals surface area contributed by atoms with Crippen LogP contribution in [-0.2, 0) is 10.1 Å². The van der Waals surface area contributed by atoms with Crippen LogP contribution in [0.25, 0.3) is 0 Å². The van der Waals surface area contributed by atoms with Gasteiger partial charge in [-0.05, 0) is 18.6 Å². The van der Waals surface area contributed by atoms with Crippen molar-refractivity contribution in [2.45, 2.75) is 64.7 Å². The molecule has 4 nitrogen and oxygen atoms in total. The summed E-state index contributed by atoms with van der Waals surface area (Å²) < 4.78 is 29.3. The van der Waals surface area contributed by atoms with Gasteiger partial charge in [-0.3, -0.25) is 14.2 Å². The Labute approximate surface area is 134 Å². The second-order valence-corrected chi connectivity index (χ2v) is 6.71. The zero-order chi connectivity index (χ0) is 15.8. The summed E-state index contributed by atoms with van der Waals surface area (Å²) in [5.41, 5.74) is 0. The highest BCUT2D eigenvalue weighted by Crippen LogP contribution is 2.09. The normalized spacial score (nSPS) is 10.3. The first-order valence-electron chi connectivity index (χ1n) is 7.86. The lowest BCUT2D eigenvalue weighted by atomic mass is 10.1. The lowest BCUT2D eigenvalue weighted by Crippen LogP contribution is -2.03. The van der Waals surface area contributed by atoms with E-state index in [4.69, 9.17) is 4.55 Å². The summed E-state index contributed by atoms with van der Waals surface area (Å²) in [6.07, 6.45) is 13.7. The molecule has 0 saturated heterocycles. The van der Waals surface area contributed by atoms with Crippen LogP contribution in [0.5, 0.6) is 0 Å². The van der Waals surface area contributed by atoms with E-state index >= 15 is 0 Å². The number of hydrogen-bond donors (Lipinski definition) is 1. The Morgan fingerprint density at radius 2 is 1.27 bits per heavy atom. The van der Waals surface area contributed by atoms with Gasteiger partial charge in [-0.2, -0.15) is 8.42 Å². The Hall–Kier alpha value is -1.01. The summed E-state index contributed by atoms with van der Waals surface area (Å²) >= 11 is 0. The molecule has 0 spiro atoms. The van der Waals surface area contributed by atoms with Crippen molar-refractivity contribution in [3.8, 4) is 0 Å². The zero-order valence-electron chi connectivity index (χ0n) is 13.5. The predicted molar refractivity (Wildman–Crippen MR) is 90.4 cm³/mol. The molecular formula is C16H30FNO3S. The molecule has 1 aromatic heterocycles. The quantitative estimate of drug-likeness (QED) is 0.499. The predicted octanol–water partition coefficient (Wildman–Crippen LogP) is 4.64. The van der Waals surface area contributed by atoms with Crippen LogP contribution >= 0.6 is 0 Å². The Morgan fingerprint density at radius 3 is 1.59 bits per heavy atom. The molecule has 1 heterocycles. The van der Waals surface area contributed by atoms with Crippen LogP contribution in [0.15, 0.2) is 30.6 Å². The Kier molecular flexibility index (Phi) is 17.3. The number of nitrogens with zero attached hydrogens (tertiary/aromatic N) is 1. The van der Waals surface area contributed by atoms with Crippen molar-refractivity contribution in [2.75, 3.05) is 5.75 Å². The van der Waals surface area contributed by atoms with Crippen LogP contribution < -0.4 is 0 Å². The zero-order valence-corrected chi connectivity index (χ0v) is 14.3. The second-order valence-electron chi connectivity index (χ2n) is 5.14. The van der Waals surface area contributed by atoms with Crippen LogP contribution in [0.2, 0.25) is 0 Å². The molecule has 0 aromatic carbocycles. The van der Waals surface area contributed by atoms with Crippen molar-refractivity contribution in [1.82, 2.24) is 4.98 Å². The van der Waals surface area contributed by atoms with Crippen molar-refractivity contribution < 1.29 is 17.7 Å². The maximum Gasteiger partial charge on any atom is 0.264 e. The number of pyridine rings is 1. The fraction of sp³-hybridized carbons (Fsp3) is 0.688. The van der Waals surface area contributed by atoms with E-state index in [-0.39, 0.29) is 10.5 Å². The smallest absolute Gasteiger partial charge is 0.264 e. The topological polar surface area (TPSA) is 67.3 Å². The number of hydrogen-bond acceptors (Lipinski definition) is 3. The maximum absolute atomic E-state index is 10.4. The number of unbranched alkanes of at least 4 members (excludes halogenated alkanes) is 8. The Balaban J connectivity index is 0. The third kappa shape index (κ3) is 21.3. The van der Waals surface area contributed by atoms with E-state index < -0.39 is 10.1 Å². The van der Waals surface area contributed by atoms with E-state index in [2.05, 4.69) is 11.9 Å². The van der Waals surface area contributed by atoms with Gasteiger partial charge in [0.15, 0.2) is 0 Å². The van der Waals surface area contributed by atoms with Gasteiger partial charge in [-0.25, -0.2) is 0 Å². The van der Waals surface area contributed by atoms with Crippen molar-refractivity contribution in [3.63, 3.8) is 0 Å². The number of halogens is 1. The molecule has 130 valence electrons. The fourth-order valence-electron chi connectivity index (χ4n) is 1.91. The summed E-state index contributed by atoms with van der Waals surface area (Å²) in [6, 6.07) is 5.72. The summed E-state index contributed by atoms with van der Waals surface area (Å²) in [5.74, 6) is -0.0805. The molecule has 0 saturated carbocycles. The van der Waals surface area contributed by atoms with Gasteiger partial charge in [-0.1, -0.05) is 64.4 Å². The largest absolute Gasteiger partial charge is 0.286 e. The monoisotopic (exact) mass is 335 g/mol. The summed E-state index contributed by atoms with van der Waals surface area (Å²) in [4.78, 5) is 3.78. The first-order chi connectivity index (χ1) is 10.1. The van der Waals surface area contributed by atoms with Crippen molar-refractivity contribution >= 4 is 10.1 Å². The van der Waals surface area contributed by atoms with E-state index in [0.717, 1.165) is 12.8 Å². The van der Waals surface area contributed by atoms with Gasteiger partial charge < -0.3 is 0 Å². The SMILES string of the molecule is CCCCCCCCCCCS(=O)(=O)O.F.c1ccncc1. The third-order valence-corrected chi connectivity index (χ3v) is 3.88. The van der Waals surface area contributed by atoms with Gasteiger partial charge >= 0.3 is 0 Å². The minimum absolute atomic E-state index is 0. The molecule has 0 bridgehead atoms. The highest BCUT2D eigenvalue weighted by atomic mass is 32.2. The number of aromatic nitrogens is 1. The molecule has 0 aliphatic rings. The lowest BCUT2D eigenvalue weighted by Gasteiger charge is -2.00. The van der Waals surface area contributed by atoms with E-state index in [1.54, 1.807) is 12.4 Å². The maximum atomic E-state index is 10.4. The van der Waals surface area contributed by atoms with Gasteiger partial charge in [0.05, 0.1) is 5.75 Å². The van der Waals surface area contributed by atoms with Crippen molar-refractivity contribution in [3.05, 3.63) is 30.6 Å². The molecule has 1 rings (SSSR count). The molecule has 22 heavy (non-hydrogen) atoms.